The number of thioether (sulfide) groups is 1. The van der Waals surface area contributed by atoms with E-state index in [1.165, 1.54) is 11.8 Å². The van der Waals surface area contributed by atoms with Crippen LogP contribution in [0.15, 0.2) is 5.16 Å². The third-order valence-corrected chi connectivity index (χ3v) is 2.21. The maximum atomic E-state index is 10.4. The molecule has 0 aromatic carbocycles. The van der Waals surface area contributed by atoms with Crippen LogP contribution in [-0.4, -0.2) is 34.4 Å². The van der Waals surface area contributed by atoms with Crippen molar-refractivity contribution in [3.05, 3.63) is 5.82 Å². The maximum Gasteiger partial charge on any atom is 0.272 e. The van der Waals surface area contributed by atoms with Gasteiger partial charge in [0.2, 0.25) is 0 Å². The van der Waals surface area contributed by atoms with Crippen molar-refractivity contribution >= 4 is 21.9 Å². The van der Waals surface area contributed by atoms with Crippen LogP contribution in [0.5, 0.6) is 0 Å². The molecule has 0 aliphatic rings. The fourth-order valence-corrected chi connectivity index (χ4v) is 1.39. The maximum absolute atomic E-state index is 10.4. The summed E-state index contributed by atoms with van der Waals surface area (Å²) in [5, 5.41) is 6.60. The van der Waals surface area contributed by atoms with Gasteiger partial charge in [-0.15, -0.1) is 0 Å². The van der Waals surface area contributed by atoms with Gasteiger partial charge in [0, 0.05) is 0 Å². The molecule has 1 aromatic heterocycles. The molecule has 2 N–H and O–H groups in total. The minimum absolute atomic E-state index is 0.0712. The van der Waals surface area contributed by atoms with Gasteiger partial charge in [0.1, 0.15) is 5.75 Å². The van der Waals surface area contributed by atoms with Crippen molar-refractivity contribution in [3.63, 3.8) is 0 Å². The minimum Gasteiger partial charge on any atom is -0.285 e. The van der Waals surface area contributed by atoms with Crippen LogP contribution in [0.2, 0.25) is 0 Å². The van der Waals surface area contributed by atoms with Gasteiger partial charge in [-0.1, -0.05) is 11.8 Å². The predicted molar refractivity (Wildman–Crippen MR) is 43.4 cm³/mol. The first kappa shape index (κ1) is 9.49. The van der Waals surface area contributed by atoms with E-state index in [-0.39, 0.29) is 5.82 Å². The molecule has 0 radical (unpaired) electrons. The standard InChI is InChI=1S/C4H7N3O3S2/c1-11-4-5-3(6-7-4)2-12(8,9)10/h2H2,1H3,(H,5,6,7)(H,8,9,10). The average molecular weight is 209 g/mol. The fraction of sp³-hybridized carbons (Fsp3) is 0.500. The summed E-state index contributed by atoms with van der Waals surface area (Å²) in [5.74, 6) is -0.480. The second-order valence-electron chi connectivity index (χ2n) is 1.99. The molecule has 0 fully saturated rings. The third kappa shape index (κ3) is 2.80. The lowest BCUT2D eigenvalue weighted by Gasteiger charge is -1.88. The van der Waals surface area contributed by atoms with E-state index in [1.807, 2.05) is 0 Å². The van der Waals surface area contributed by atoms with E-state index in [0.29, 0.717) is 5.16 Å². The monoisotopic (exact) mass is 209 g/mol. The van der Waals surface area contributed by atoms with Crippen molar-refractivity contribution in [1.82, 2.24) is 15.2 Å². The van der Waals surface area contributed by atoms with Gasteiger partial charge in [0.05, 0.1) is 0 Å². The van der Waals surface area contributed by atoms with Gasteiger partial charge in [-0.25, -0.2) is 4.98 Å². The van der Waals surface area contributed by atoms with E-state index in [9.17, 15) is 8.42 Å². The molecule has 8 heteroatoms. The van der Waals surface area contributed by atoms with Crippen LogP contribution < -0.4 is 0 Å². The van der Waals surface area contributed by atoms with Crippen molar-refractivity contribution < 1.29 is 13.0 Å². The minimum atomic E-state index is -4.03. The summed E-state index contributed by atoms with van der Waals surface area (Å²) >= 11 is 1.31. The number of aromatic amines is 1. The smallest absolute Gasteiger partial charge is 0.272 e. The highest BCUT2D eigenvalue weighted by atomic mass is 32.2. The quantitative estimate of drug-likeness (QED) is 0.533. The molecule has 0 aliphatic carbocycles. The highest BCUT2D eigenvalue weighted by Gasteiger charge is 2.10. The summed E-state index contributed by atoms with van der Waals surface area (Å²) in [7, 11) is -4.03. The van der Waals surface area contributed by atoms with E-state index in [1.54, 1.807) is 6.26 Å². The lowest BCUT2D eigenvalue weighted by atomic mass is 10.7. The molecular formula is C4H7N3O3S2. The topological polar surface area (TPSA) is 95.9 Å². The molecule has 0 unspecified atom stereocenters. The second kappa shape index (κ2) is 3.42. The first-order chi connectivity index (χ1) is 5.51. The van der Waals surface area contributed by atoms with Crippen LogP contribution in [0.25, 0.3) is 0 Å². The third-order valence-electron chi connectivity index (χ3n) is 1.02. The molecule has 12 heavy (non-hydrogen) atoms. The van der Waals surface area contributed by atoms with Crippen molar-refractivity contribution in [2.45, 2.75) is 10.9 Å². The van der Waals surface area contributed by atoms with E-state index in [2.05, 4.69) is 15.2 Å². The van der Waals surface area contributed by atoms with Crippen LogP contribution >= 0.6 is 11.8 Å². The second-order valence-corrected chi connectivity index (χ2v) is 4.23. The number of hydrogen-bond donors (Lipinski definition) is 2. The molecule has 0 saturated heterocycles. The molecule has 0 spiro atoms. The zero-order valence-corrected chi connectivity index (χ0v) is 7.81. The van der Waals surface area contributed by atoms with E-state index in [4.69, 9.17) is 4.55 Å². The summed E-state index contributed by atoms with van der Waals surface area (Å²) < 4.78 is 29.1. The number of H-pyrrole nitrogens is 1. The molecule has 1 rings (SSSR count). The largest absolute Gasteiger partial charge is 0.285 e. The van der Waals surface area contributed by atoms with Crippen LogP contribution in [-0.2, 0) is 15.9 Å². The van der Waals surface area contributed by atoms with E-state index >= 15 is 0 Å². The zero-order valence-electron chi connectivity index (χ0n) is 6.18. The lowest BCUT2D eigenvalue weighted by Crippen LogP contribution is -2.02. The van der Waals surface area contributed by atoms with Crippen molar-refractivity contribution in [2.75, 3.05) is 6.26 Å². The van der Waals surface area contributed by atoms with Gasteiger partial charge < -0.3 is 0 Å². The molecular weight excluding hydrogens is 202 g/mol. The molecule has 0 amide bonds. The van der Waals surface area contributed by atoms with Crippen LogP contribution in [0.3, 0.4) is 0 Å². The van der Waals surface area contributed by atoms with Crippen LogP contribution in [0.4, 0.5) is 0 Å². The van der Waals surface area contributed by atoms with Crippen molar-refractivity contribution in [1.29, 1.82) is 0 Å². The normalized spacial score (nSPS) is 11.8. The Bertz CT molecular complexity index is 357. The van der Waals surface area contributed by atoms with Gasteiger partial charge in [-0.2, -0.15) is 13.5 Å². The lowest BCUT2D eigenvalue weighted by molar-refractivity contribution is 0.481. The van der Waals surface area contributed by atoms with Crippen molar-refractivity contribution in [2.24, 2.45) is 0 Å². The molecule has 0 bridgehead atoms. The Balaban J connectivity index is 2.78. The summed E-state index contributed by atoms with van der Waals surface area (Å²) in [6.45, 7) is 0. The van der Waals surface area contributed by atoms with Crippen molar-refractivity contribution in [3.8, 4) is 0 Å². The Labute approximate surface area is 73.5 Å². The molecule has 1 heterocycles. The number of hydrogen-bond acceptors (Lipinski definition) is 5. The molecule has 0 saturated carbocycles. The van der Waals surface area contributed by atoms with E-state index < -0.39 is 15.9 Å². The van der Waals surface area contributed by atoms with Crippen LogP contribution in [0, 0.1) is 0 Å². The summed E-state index contributed by atoms with van der Waals surface area (Å²) in [6, 6.07) is 0. The number of aromatic nitrogens is 3. The molecule has 0 atom stereocenters. The number of nitrogens with zero attached hydrogens (tertiary/aromatic N) is 2. The summed E-state index contributed by atoms with van der Waals surface area (Å²) in [6.07, 6.45) is 1.78. The zero-order chi connectivity index (χ0) is 9.19. The average Bonchev–Trinajstić information content (AvgIpc) is 2.32. The number of nitrogens with one attached hydrogen (secondary N) is 1. The van der Waals surface area contributed by atoms with Gasteiger partial charge in [-0.3, -0.25) is 9.65 Å². The Morgan fingerprint density at radius 2 is 2.33 bits per heavy atom. The Hall–Kier alpha value is -0.600. The highest BCUT2D eigenvalue weighted by Crippen LogP contribution is 2.07. The van der Waals surface area contributed by atoms with E-state index in [0.717, 1.165) is 0 Å². The summed E-state index contributed by atoms with van der Waals surface area (Å²) in [5.41, 5.74) is 0. The first-order valence-electron chi connectivity index (χ1n) is 2.91. The van der Waals surface area contributed by atoms with Gasteiger partial charge in [0.15, 0.2) is 11.0 Å². The van der Waals surface area contributed by atoms with Gasteiger partial charge in [-0.05, 0) is 6.26 Å². The molecule has 6 nitrogen and oxygen atoms in total. The Kier molecular flexibility index (Phi) is 2.70. The first-order valence-corrected chi connectivity index (χ1v) is 5.75. The molecule has 68 valence electrons. The van der Waals surface area contributed by atoms with Gasteiger partial charge in [0.25, 0.3) is 10.1 Å². The predicted octanol–water partition coefficient (Wildman–Crippen LogP) is -0.0856. The van der Waals surface area contributed by atoms with Crippen LogP contribution in [0.1, 0.15) is 5.82 Å². The Morgan fingerprint density at radius 3 is 2.75 bits per heavy atom. The highest BCUT2D eigenvalue weighted by molar-refractivity contribution is 7.98. The van der Waals surface area contributed by atoms with Gasteiger partial charge >= 0.3 is 0 Å². The molecule has 0 aliphatic heterocycles. The summed E-state index contributed by atoms with van der Waals surface area (Å²) in [4.78, 5) is 3.77. The SMILES string of the molecule is CSc1nc(CS(=O)(=O)O)n[nH]1. The fourth-order valence-electron chi connectivity index (χ4n) is 0.599. The number of rotatable bonds is 3. The molecule has 1 aromatic rings. The Morgan fingerprint density at radius 1 is 1.67 bits per heavy atom.